The van der Waals surface area contributed by atoms with Gasteiger partial charge < -0.3 is 0 Å². The molecule has 2 aromatic rings. The zero-order chi connectivity index (χ0) is 15.4. The molecule has 22 heavy (non-hydrogen) atoms. The van der Waals surface area contributed by atoms with Gasteiger partial charge in [0.1, 0.15) is 0 Å². The van der Waals surface area contributed by atoms with Crippen LogP contribution in [0.2, 0.25) is 0 Å². The van der Waals surface area contributed by atoms with Crippen LogP contribution in [0.5, 0.6) is 0 Å². The van der Waals surface area contributed by atoms with Gasteiger partial charge in [-0.05, 0) is 0 Å². The van der Waals surface area contributed by atoms with E-state index in [2.05, 4.69) is 43.3 Å². The van der Waals surface area contributed by atoms with Crippen LogP contribution in [0.15, 0.2) is 70.7 Å². The third-order valence-electron chi connectivity index (χ3n) is 3.75. The van der Waals surface area contributed by atoms with Crippen molar-refractivity contribution in [2.75, 3.05) is 6.54 Å². The molecule has 2 aromatic carbocycles. The predicted molar refractivity (Wildman–Crippen MR) is 91.0 cm³/mol. The molecule has 112 valence electrons. The Morgan fingerprint density at radius 2 is 1.68 bits per heavy atom. The van der Waals surface area contributed by atoms with Gasteiger partial charge in [0.25, 0.3) is 0 Å². The van der Waals surface area contributed by atoms with Crippen molar-refractivity contribution in [2.24, 2.45) is 0 Å². The van der Waals surface area contributed by atoms with E-state index in [1.165, 1.54) is 14.5 Å². The number of β-lactam (4-membered cyclic amide) rings is 1. The second-order valence-electron chi connectivity index (χ2n) is 5.32. The number of hydrogen-bond acceptors (Lipinski definition) is 1. The Kier molecular flexibility index (Phi) is 4.77. The minimum atomic E-state index is 0.221. The van der Waals surface area contributed by atoms with Crippen molar-refractivity contribution in [2.45, 2.75) is 19.9 Å². The maximum atomic E-state index is 12.4. The molecule has 1 aliphatic heterocycles. The van der Waals surface area contributed by atoms with Crippen LogP contribution in [0.25, 0.3) is 0 Å². The third-order valence-corrected chi connectivity index (χ3v) is 6.46. The fourth-order valence-corrected chi connectivity index (χ4v) is 4.64. The molecule has 0 aliphatic carbocycles. The number of nitrogens with zero attached hydrogens (tertiary/aromatic N) is 1. The van der Waals surface area contributed by atoms with E-state index in [1.807, 2.05) is 29.2 Å². The Balaban J connectivity index is 1.69. The van der Waals surface area contributed by atoms with Gasteiger partial charge in [-0.3, -0.25) is 0 Å². The van der Waals surface area contributed by atoms with Gasteiger partial charge in [0.2, 0.25) is 0 Å². The molecular weight excluding hydrogens is 337 g/mol. The summed E-state index contributed by atoms with van der Waals surface area (Å²) in [4.78, 5) is 14.4. The topological polar surface area (TPSA) is 20.3 Å². The fraction of sp³-hybridized carbons (Fsp3) is 0.211. The fourth-order valence-electron chi connectivity index (χ4n) is 2.55. The van der Waals surface area contributed by atoms with Gasteiger partial charge in [0.05, 0.1) is 0 Å². The van der Waals surface area contributed by atoms with Crippen LogP contribution in [-0.2, 0) is 11.3 Å². The maximum absolute atomic E-state index is 12.4. The number of amides is 1. The molecule has 0 aromatic heterocycles. The summed E-state index contributed by atoms with van der Waals surface area (Å²) in [6.45, 7) is 3.67. The van der Waals surface area contributed by atoms with Gasteiger partial charge >= 0.3 is 138 Å². The molecule has 1 aliphatic rings. The monoisotopic (exact) mass is 357 g/mol. The van der Waals surface area contributed by atoms with Gasteiger partial charge in [-0.1, -0.05) is 0 Å². The van der Waals surface area contributed by atoms with E-state index in [0.29, 0.717) is 0 Å². The molecule has 1 heterocycles. The van der Waals surface area contributed by atoms with Crippen molar-refractivity contribution in [1.82, 2.24) is 4.90 Å². The van der Waals surface area contributed by atoms with Crippen molar-refractivity contribution < 1.29 is 4.79 Å². The summed E-state index contributed by atoms with van der Waals surface area (Å²) >= 11 is 0.264. The number of hydrogen-bond donors (Lipinski definition) is 0. The number of rotatable bonds is 5. The molecular formula is C19H19NOSe. The van der Waals surface area contributed by atoms with Gasteiger partial charge in [0.15, 0.2) is 0 Å². The van der Waals surface area contributed by atoms with Crippen LogP contribution < -0.4 is 4.46 Å². The Morgan fingerprint density at radius 1 is 1.05 bits per heavy atom. The molecule has 0 atom stereocenters. The minimum absolute atomic E-state index is 0.221. The van der Waals surface area contributed by atoms with Crippen molar-refractivity contribution >= 4 is 25.3 Å². The Morgan fingerprint density at radius 3 is 2.27 bits per heavy atom. The van der Waals surface area contributed by atoms with E-state index >= 15 is 0 Å². The summed E-state index contributed by atoms with van der Waals surface area (Å²) in [6, 6.07) is 20.7. The molecule has 3 heteroatoms. The summed E-state index contributed by atoms with van der Waals surface area (Å²) in [5, 5.41) is 0. The summed E-state index contributed by atoms with van der Waals surface area (Å²) in [7, 11) is 0. The molecule has 0 N–H and O–H groups in total. The second kappa shape index (κ2) is 6.95. The second-order valence-corrected chi connectivity index (χ2v) is 7.77. The molecule has 0 spiro atoms. The zero-order valence-corrected chi connectivity index (χ0v) is 14.4. The number of likely N-dealkylation sites (tertiary alicyclic amines) is 1. The summed E-state index contributed by atoms with van der Waals surface area (Å²) in [6.07, 6.45) is 0.967. The molecule has 0 unspecified atom stereocenters. The molecule has 0 radical (unpaired) electrons. The zero-order valence-electron chi connectivity index (χ0n) is 12.7. The van der Waals surface area contributed by atoms with E-state index in [-0.39, 0.29) is 20.9 Å². The van der Waals surface area contributed by atoms with E-state index in [4.69, 9.17) is 0 Å². The normalized spacial score (nSPS) is 16.4. The summed E-state index contributed by atoms with van der Waals surface area (Å²) < 4.78 is 2.68. The van der Waals surface area contributed by atoms with Crippen LogP contribution >= 0.6 is 0 Å². The van der Waals surface area contributed by atoms with Crippen LogP contribution in [-0.4, -0.2) is 32.3 Å². The Hall–Kier alpha value is -1.83. The number of carbonyl (C=O) groups excluding carboxylic acids is 1. The van der Waals surface area contributed by atoms with Gasteiger partial charge in [0, 0.05) is 0 Å². The van der Waals surface area contributed by atoms with E-state index in [9.17, 15) is 4.79 Å². The SMILES string of the molecule is CC/C([Se]c1ccccc1)=C1/CN(Cc2ccccc2)C1=O. The first-order valence-corrected chi connectivity index (χ1v) is 9.27. The van der Waals surface area contributed by atoms with Gasteiger partial charge in [-0.2, -0.15) is 0 Å². The molecule has 0 saturated carbocycles. The van der Waals surface area contributed by atoms with E-state index in [1.54, 1.807) is 0 Å². The van der Waals surface area contributed by atoms with E-state index in [0.717, 1.165) is 25.1 Å². The van der Waals surface area contributed by atoms with Crippen molar-refractivity contribution in [1.29, 1.82) is 0 Å². The molecule has 3 rings (SSSR count). The van der Waals surface area contributed by atoms with Crippen LogP contribution in [0.1, 0.15) is 18.9 Å². The van der Waals surface area contributed by atoms with Crippen molar-refractivity contribution in [3.8, 4) is 0 Å². The predicted octanol–water partition coefficient (Wildman–Crippen LogP) is 2.72. The Labute approximate surface area is 138 Å². The molecule has 0 bridgehead atoms. The first-order valence-electron chi connectivity index (χ1n) is 7.56. The number of allylic oxidation sites excluding steroid dienone is 1. The molecule has 1 fully saturated rings. The standard InChI is InChI=1S/C19H19NOSe/c1-2-18(22-16-11-7-4-8-12-16)17-14-20(19(17)21)13-15-9-5-3-6-10-15/h3-12H,2,13-14H2,1H3/b18-17+. The van der Waals surface area contributed by atoms with Crippen LogP contribution in [0.3, 0.4) is 0 Å². The van der Waals surface area contributed by atoms with E-state index < -0.39 is 0 Å². The first-order chi connectivity index (χ1) is 10.8. The van der Waals surface area contributed by atoms with Gasteiger partial charge in [-0.15, -0.1) is 0 Å². The summed E-state index contributed by atoms with van der Waals surface area (Å²) in [5.41, 5.74) is 2.24. The molecule has 1 saturated heterocycles. The average molecular weight is 356 g/mol. The van der Waals surface area contributed by atoms with Crippen LogP contribution in [0, 0.1) is 0 Å². The Bertz CT molecular complexity index is 679. The first kappa shape index (κ1) is 15.1. The quantitative estimate of drug-likeness (QED) is 0.458. The number of benzene rings is 2. The van der Waals surface area contributed by atoms with Crippen LogP contribution in [0.4, 0.5) is 0 Å². The van der Waals surface area contributed by atoms with Gasteiger partial charge in [-0.25, -0.2) is 0 Å². The summed E-state index contributed by atoms with van der Waals surface area (Å²) in [5.74, 6) is 0.221. The van der Waals surface area contributed by atoms with Crippen molar-refractivity contribution in [3.05, 3.63) is 76.3 Å². The third kappa shape index (κ3) is 3.32. The number of carbonyl (C=O) groups is 1. The average Bonchev–Trinajstić information content (AvgIpc) is 2.58. The molecule has 1 amide bonds. The molecule has 2 nitrogen and oxygen atoms in total. The van der Waals surface area contributed by atoms with Crippen molar-refractivity contribution in [3.63, 3.8) is 0 Å².